The molecule has 0 saturated carbocycles. The average molecular weight is 355 g/mol. The van der Waals surface area contributed by atoms with Crippen molar-refractivity contribution in [1.29, 1.82) is 0 Å². The van der Waals surface area contributed by atoms with E-state index < -0.39 is 5.97 Å². The maximum absolute atomic E-state index is 12.3. The SMILES string of the molecule is COc1cc(C)ccc1OCC(=O)OCn1nnc2ccccc2c1=O. The zero-order valence-electron chi connectivity index (χ0n) is 14.3. The summed E-state index contributed by atoms with van der Waals surface area (Å²) in [5, 5.41) is 8.07. The van der Waals surface area contributed by atoms with Crippen LogP contribution in [0.4, 0.5) is 0 Å². The van der Waals surface area contributed by atoms with Crippen LogP contribution >= 0.6 is 0 Å². The van der Waals surface area contributed by atoms with Crippen LogP contribution in [0.3, 0.4) is 0 Å². The zero-order valence-corrected chi connectivity index (χ0v) is 14.3. The number of hydrogen-bond acceptors (Lipinski definition) is 7. The summed E-state index contributed by atoms with van der Waals surface area (Å²) < 4.78 is 16.6. The second-order valence-corrected chi connectivity index (χ2v) is 5.50. The number of nitrogens with zero attached hydrogens (tertiary/aromatic N) is 3. The van der Waals surface area contributed by atoms with E-state index >= 15 is 0 Å². The standard InChI is InChI=1S/C18H17N3O5/c1-12-7-8-15(16(9-12)24-2)25-10-17(22)26-11-21-18(23)13-5-3-4-6-14(13)19-20-21/h3-9H,10-11H2,1-2H3. The van der Waals surface area contributed by atoms with Crippen molar-refractivity contribution in [1.82, 2.24) is 15.0 Å². The Morgan fingerprint density at radius 1 is 1.15 bits per heavy atom. The molecular formula is C18H17N3O5. The second kappa shape index (κ2) is 7.64. The first kappa shape index (κ1) is 17.4. The van der Waals surface area contributed by atoms with Crippen molar-refractivity contribution in [2.24, 2.45) is 0 Å². The van der Waals surface area contributed by atoms with Crippen molar-refractivity contribution in [3.8, 4) is 11.5 Å². The zero-order chi connectivity index (χ0) is 18.5. The molecule has 0 spiro atoms. The molecule has 1 heterocycles. The van der Waals surface area contributed by atoms with Crippen LogP contribution in [0, 0.1) is 6.92 Å². The summed E-state index contributed by atoms with van der Waals surface area (Å²) >= 11 is 0. The molecule has 8 heteroatoms. The predicted molar refractivity (Wildman–Crippen MR) is 93.1 cm³/mol. The smallest absolute Gasteiger partial charge is 0.345 e. The van der Waals surface area contributed by atoms with E-state index in [9.17, 15) is 9.59 Å². The summed E-state index contributed by atoms with van der Waals surface area (Å²) in [6.45, 7) is 1.25. The van der Waals surface area contributed by atoms with Crippen LogP contribution in [-0.2, 0) is 16.3 Å². The van der Waals surface area contributed by atoms with Crippen LogP contribution in [0.5, 0.6) is 11.5 Å². The van der Waals surface area contributed by atoms with Crippen LogP contribution in [0.2, 0.25) is 0 Å². The molecule has 3 aromatic rings. The Morgan fingerprint density at radius 3 is 2.77 bits per heavy atom. The summed E-state index contributed by atoms with van der Waals surface area (Å²) in [6, 6.07) is 12.2. The molecule has 8 nitrogen and oxygen atoms in total. The molecular weight excluding hydrogens is 338 g/mol. The summed E-state index contributed by atoms with van der Waals surface area (Å²) in [5.74, 6) is 0.307. The molecule has 0 unspecified atom stereocenters. The van der Waals surface area contributed by atoms with Gasteiger partial charge in [0.25, 0.3) is 5.56 Å². The highest BCUT2D eigenvalue weighted by Gasteiger charge is 2.11. The highest BCUT2D eigenvalue weighted by atomic mass is 16.6. The molecule has 0 aliphatic rings. The third-order valence-electron chi connectivity index (χ3n) is 3.64. The van der Waals surface area contributed by atoms with Gasteiger partial charge in [-0.05, 0) is 36.8 Å². The molecule has 134 valence electrons. The Kier molecular flexibility index (Phi) is 5.12. The lowest BCUT2D eigenvalue weighted by molar-refractivity contribution is -0.150. The Morgan fingerprint density at radius 2 is 1.96 bits per heavy atom. The molecule has 2 aromatic carbocycles. The van der Waals surface area contributed by atoms with Gasteiger partial charge in [0.2, 0.25) is 0 Å². The van der Waals surface area contributed by atoms with E-state index in [2.05, 4.69) is 10.3 Å². The molecule has 0 N–H and O–H groups in total. The first-order valence-corrected chi connectivity index (χ1v) is 7.84. The summed E-state index contributed by atoms with van der Waals surface area (Å²) in [4.78, 5) is 24.1. The fourth-order valence-corrected chi connectivity index (χ4v) is 2.31. The van der Waals surface area contributed by atoms with E-state index in [0.717, 1.165) is 10.2 Å². The van der Waals surface area contributed by atoms with Crippen molar-refractivity contribution in [2.75, 3.05) is 13.7 Å². The number of carbonyl (C=O) groups excluding carboxylic acids is 1. The number of hydrogen-bond donors (Lipinski definition) is 0. The van der Waals surface area contributed by atoms with Crippen molar-refractivity contribution in [2.45, 2.75) is 13.7 Å². The van der Waals surface area contributed by atoms with Crippen LogP contribution < -0.4 is 15.0 Å². The van der Waals surface area contributed by atoms with Crippen molar-refractivity contribution < 1.29 is 19.0 Å². The number of methoxy groups -OCH3 is 1. The predicted octanol–water partition coefficient (Wildman–Crippen LogP) is 1.69. The van der Waals surface area contributed by atoms with E-state index in [1.807, 2.05) is 13.0 Å². The van der Waals surface area contributed by atoms with Gasteiger partial charge < -0.3 is 14.2 Å². The topological polar surface area (TPSA) is 92.5 Å². The molecule has 3 rings (SSSR count). The highest BCUT2D eigenvalue weighted by Crippen LogP contribution is 2.27. The fraction of sp³-hybridized carbons (Fsp3) is 0.222. The number of rotatable bonds is 6. The van der Waals surface area contributed by atoms with Gasteiger partial charge in [-0.1, -0.05) is 23.4 Å². The lowest BCUT2D eigenvalue weighted by Crippen LogP contribution is -2.27. The quantitative estimate of drug-likeness (QED) is 0.621. The van der Waals surface area contributed by atoms with Gasteiger partial charge in [-0.2, -0.15) is 4.68 Å². The summed E-state index contributed by atoms with van der Waals surface area (Å²) in [7, 11) is 1.52. The second-order valence-electron chi connectivity index (χ2n) is 5.50. The molecule has 26 heavy (non-hydrogen) atoms. The number of aromatic nitrogens is 3. The number of benzene rings is 2. The normalized spacial score (nSPS) is 10.5. The van der Waals surface area contributed by atoms with Gasteiger partial charge in [0, 0.05) is 0 Å². The number of aryl methyl sites for hydroxylation is 1. The minimum Gasteiger partial charge on any atom is -0.493 e. The Balaban J connectivity index is 1.61. The fourth-order valence-electron chi connectivity index (χ4n) is 2.31. The molecule has 0 bridgehead atoms. The molecule has 0 aliphatic carbocycles. The molecule has 0 amide bonds. The average Bonchev–Trinajstić information content (AvgIpc) is 2.66. The largest absolute Gasteiger partial charge is 0.493 e. The van der Waals surface area contributed by atoms with Gasteiger partial charge in [-0.3, -0.25) is 4.79 Å². The van der Waals surface area contributed by atoms with Gasteiger partial charge in [0.15, 0.2) is 24.8 Å². The van der Waals surface area contributed by atoms with Gasteiger partial charge in [-0.25, -0.2) is 4.79 Å². The molecule has 0 saturated heterocycles. The van der Waals surface area contributed by atoms with Gasteiger partial charge in [0.05, 0.1) is 12.5 Å². The number of esters is 1. The monoisotopic (exact) mass is 355 g/mol. The number of carbonyl (C=O) groups is 1. The summed E-state index contributed by atoms with van der Waals surface area (Å²) in [5.41, 5.74) is 1.10. The van der Waals surface area contributed by atoms with E-state index in [-0.39, 0.29) is 18.9 Å². The van der Waals surface area contributed by atoms with E-state index in [1.165, 1.54) is 7.11 Å². The lowest BCUT2D eigenvalue weighted by Gasteiger charge is -2.11. The van der Waals surface area contributed by atoms with Gasteiger partial charge >= 0.3 is 5.97 Å². The third-order valence-corrected chi connectivity index (χ3v) is 3.64. The number of fused-ring (bicyclic) bond motifs is 1. The minimum atomic E-state index is -0.644. The van der Waals surface area contributed by atoms with Crippen LogP contribution in [0.15, 0.2) is 47.3 Å². The lowest BCUT2D eigenvalue weighted by atomic mass is 10.2. The maximum Gasteiger partial charge on any atom is 0.345 e. The van der Waals surface area contributed by atoms with E-state index in [1.54, 1.807) is 36.4 Å². The van der Waals surface area contributed by atoms with Crippen LogP contribution in [-0.4, -0.2) is 34.7 Å². The van der Waals surface area contributed by atoms with Crippen molar-refractivity contribution in [3.63, 3.8) is 0 Å². The molecule has 0 radical (unpaired) electrons. The van der Waals surface area contributed by atoms with Crippen LogP contribution in [0.25, 0.3) is 10.9 Å². The molecule has 0 aliphatic heterocycles. The maximum atomic E-state index is 12.3. The molecule has 0 atom stereocenters. The number of ether oxygens (including phenoxy) is 3. The van der Waals surface area contributed by atoms with Crippen LogP contribution in [0.1, 0.15) is 5.56 Å². The van der Waals surface area contributed by atoms with Gasteiger partial charge in [-0.15, -0.1) is 5.10 Å². The minimum absolute atomic E-state index is 0.324. The van der Waals surface area contributed by atoms with E-state index in [4.69, 9.17) is 14.2 Å². The molecule has 0 fully saturated rings. The first-order chi connectivity index (χ1) is 12.6. The Bertz CT molecular complexity index is 1000. The van der Waals surface area contributed by atoms with Gasteiger partial charge in [0.1, 0.15) is 5.52 Å². The van der Waals surface area contributed by atoms with Crippen molar-refractivity contribution >= 4 is 16.9 Å². The Labute approximate surface area is 148 Å². The third kappa shape index (κ3) is 3.80. The highest BCUT2D eigenvalue weighted by molar-refractivity contribution is 5.76. The van der Waals surface area contributed by atoms with E-state index in [0.29, 0.717) is 22.4 Å². The van der Waals surface area contributed by atoms with Crippen molar-refractivity contribution in [3.05, 3.63) is 58.4 Å². The Hall–Kier alpha value is -3.42. The first-order valence-electron chi connectivity index (χ1n) is 7.84. The summed E-state index contributed by atoms with van der Waals surface area (Å²) in [6.07, 6.45) is 0. The molecule has 1 aromatic heterocycles.